The molecule has 68 heavy (non-hydrogen) atoms. The second kappa shape index (κ2) is 60.5. The van der Waals surface area contributed by atoms with Crippen molar-refractivity contribution in [1.29, 1.82) is 0 Å². The summed E-state index contributed by atoms with van der Waals surface area (Å²) in [5.41, 5.74) is 5.33. The first-order valence-corrected chi connectivity index (χ1v) is 25.5. The van der Waals surface area contributed by atoms with Crippen molar-refractivity contribution < 1.29 is 0 Å². The van der Waals surface area contributed by atoms with Gasteiger partial charge in [-0.05, 0) is 49.2 Å². The van der Waals surface area contributed by atoms with E-state index in [9.17, 15) is 0 Å². The van der Waals surface area contributed by atoms with Gasteiger partial charge in [0.1, 0.15) is 0 Å². The van der Waals surface area contributed by atoms with Crippen LogP contribution >= 0.6 is 0 Å². The molecule has 0 bridgehead atoms. The highest BCUT2D eigenvalue weighted by molar-refractivity contribution is 5.82. The van der Waals surface area contributed by atoms with Crippen LogP contribution in [-0.4, -0.2) is 0 Å². The molecule has 0 nitrogen and oxygen atoms in total. The average molecular weight is 914 g/mol. The molecule has 0 N–H and O–H groups in total. The molecule has 0 aliphatic rings. The van der Waals surface area contributed by atoms with Crippen LogP contribution in [-0.2, 0) is 0 Å². The Bertz CT molecular complexity index is 1790. The molecule has 9 aromatic rings. The highest BCUT2D eigenvalue weighted by Gasteiger charge is 1.86. The summed E-state index contributed by atoms with van der Waals surface area (Å²) in [5.74, 6) is 0. The summed E-state index contributed by atoms with van der Waals surface area (Å²) >= 11 is 0. The third-order valence-electron chi connectivity index (χ3n) is 7.71. The van der Waals surface area contributed by atoms with E-state index in [4.69, 9.17) is 0 Å². The summed E-state index contributed by atoms with van der Waals surface area (Å²) < 4.78 is 0. The lowest BCUT2D eigenvalue weighted by Gasteiger charge is -1.92. The molecule has 0 atom stereocenters. The summed E-state index contributed by atoms with van der Waals surface area (Å²) in [6.07, 6.45) is 0. The molecular weight excluding hydrogens is 817 g/mol. The van der Waals surface area contributed by atoms with Gasteiger partial charge in [0.15, 0.2) is 0 Å². The van der Waals surface area contributed by atoms with Crippen molar-refractivity contribution in [3.05, 3.63) is 277 Å². The van der Waals surface area contributed by atoms with E-state index in [1.807, 2.05) is 206 Å². The van der Waals surface area contributed by atoms with Crippen molar-refractivity contribution in [2.45, 2.75) is 125 Å². The number of hydrogen-bond acceptors (Lipinski definition) is 0. The van der Waals surface area contributed by atoms with Crippen LogP contribution in [0.5, 0.6) is 0 Å². The predicted molar refractivity (Wildman–Crippen MR) is 318 cm³/mol. The molecule has 0 saturated carbocycles. The monoisotopic (exact) mass is 913 g/mol. The normalized spacial score (nSPS) is 7.85. The van der Waals surface area contributed by atoms with Gasteiger partial charge in [0.25, 0.3) is 0 Å². The summed E-state index contributed by atoms with van der Waals surface area (Å²) in [6, 6.07) is 86.4. The van der Waals surface area contributed by atoms with Gasteiger partial charge in [-0.3, -0.25) is 0 Å². The zero-order chi connectivity index (χ0) is 52.3. The number of hydrogen-bond donors (Lipinski definition) is 0. The van der Waals surface area contributed by atoms with E-state index in [1.165, 1.54) is 43.8 Å². The molecule has 0 aromatic heterocycles. The first-order chi connectivity index (χ1) is 33.5. The molecule has 0 aliphatic heterocycles. The van der Waals surface area contributed by atoms with Crippen LogP contribution in [0.4, 0.5) is 0 Å². The molecule has 368 valence electrons. The van der Waals surface area contributed by atoms with Crippen molar-refractivity contribution in [2.75, 3.05) is 0 Å². The van der Waals surface area contributed by atoms with E-state index < -0.39 is 0 Å². The Kier molecular flexibility index (Phi) is 62.7. The van der Waals surface area contributed by atoms with Crippen LogP contribution in [0.3, 0.4) is 0 Å². The third-order valence-corrected chi connectivity index (χ3v) is 7.71. The molecule has 0 heterocycles. The Morgan fingerprint density at radius 3 is 0.412 bits per heavy atom. The van der Waals surface area contributed by atoms with E-state index in [0.717, 1.165) is 0 Å². The van der Waals surface area contributed by atoms with Crippen LogP contribution in [0.2, 0.25) is 0 Å². The second-order valence-electron chi connectivity index (χ2n) is 12.5. The molecule has 0 unspecified atom stereocenters. The fourth-order valence-corrected chi connectivity index (χ4v) is 4.86. The summed E-state index contributed by atoms with van der Waals surface area (Å²) in [4.78, 5) is 0. The van der Waals surface area contributed by atoms with Crippen LogP contribution in [0.25, 0.3) is 21.5 Å². The van der Waals surface area contributed by atoms with Crippen molar-refractivity contribution in [1.82, 2.24) is 0 Å². The smallest absolute Gasteiger partial charge is 0.0184 e. The third kappa shape index (κ3) is 44.7. The van der Waals surface area contributed by atoms with Gasteiger partial charge < -0.3 is 0 Å². The van der Waals surface area contributed by atoms with Gasteiger partial charge >= 0.3 is 0 Å². The first-order valence-electron chi connectivity index (χ1n) is 25.5. The average Bonchev–Trinajstić information content (AvgIpc) is 3.46. The van der Waals surface area contributed by atoms with E-state index in [0.29, 0.717) is 0 Å². The second-order valence-corrected chi connectivity index (χ2v) is 12.5. The lowest BCUT2D eigenvalue weighted by molar-refractivity contribution is 1.39. The number of rotatable bonds is 0. The van der Waals surface area contributed by atoms with Gasteiger partial charge in [0, 0.05) is 0 Å². The van der Waals surface area contributed by atoms with Crippen LogP contribution in [0.1, 0.15) is 119 Å². The molecule has 0 heteroatoms. The number of benzene rings is 9. The number of fused-ring (bicyclic) bond motifs is 2. The molecule has 0 aliphatic carbocycles. The first kappa shape index (κ1) is 70.5. The Labute approximate surface area is 421 Å². The molecule has 0 fully saturated rings. The Morgan fingerprint density at radius 1 is 0.147 bits per heavy atom. The molecule has 0 spiro atoms. The Morgan fingerprint density at radius 2 is 0.294 bits per heavy atom. The van der Waals surface area contributed by atoms with Gasteiger partial charge in [-0.25, -0.2) is 0 Å². The lowest BCUT2D eigenvalue weighted by atomic mass is 10.1. The van der Waals surface area contributed by atoms with Gasteiger partial charge in [-0.1, -0.05) is 374 Å². The predicted octanol–water partition coefficient (Wildman–Crippen LogP) is 22.5. The maximum absolute atomic E-state index is 2.17. The number of aryl methyl sites for hydroxylation is 4. The highest BCUT2D eigenvalue weighted by atomic mass is 13.9. The maximum Gasteiger partial charge on any atom is -0.0184 e. The van der Waals surface area contributed by atoms with E-state index in [-0.39, 0.29) is 0 Å². The molecule has 0 radical (unpaired) electrons. The molecule has 0 amide bonds. The van der Waals surface area contributed by atoms with Crippen LogP contribution in [0, 0.1) is 27.7 Å². The van der Waals surface area contributed by atoms with Crippen LogP contribution in [0.15, 0.2) is 255 Å². The van der Waals surface area contributed by atoms with Crippen molar-refractivity contribution >= 4 is 21.5 Å². The standard InChI is InChI=1S/2C10H8.2C8H10.3C6H6.7C2H6/c2*1-2-6-10-8-4-3-7-9(10)5-1;1-7-3-5-8(2)6-4-7;1-7-4-3-5-8(2)6-7;3*1-2-4-6-5-3-1;7*1-2/h2*1-8H;2*3-6H,1-2H3;3*1-6H;7*1-2H3. The van der Waals surface area contributed by atoms with Gasteiger partial charge in [0.2, 0.25) is 0 Å². The molecule has 0 saturated heterocycles. The topological polar surface area (TPSA) is 0 Å². The fourth-order valence-electron chi connectivity index (χ4n) is 4.86. The molecular formula is C68H96. The Hall–Kier alpha value is -6.50. The van der Waals surface area contributed by atoms with E-state index in [2.05, 4.69) is 173 Å². The molecule has 9 aromatic carbocycles. The summed E-state index contributed by atoms with van der Waals surface area (Å²) in [7, 11) is 0. The minimum Gasteiger partial charge on any atom is -0.0683 e. The molecule has 9 rings (SSSR count). The fraction of sp³-hybridized carbons (Fsp3) is 0.265. The highest BCUT2D eigenvalue weighted by Crippen LogP contribution is 2.12. The van der Waals surface area contributed by atoms with Crippen molar-refractivity contribution in [3.63, 3.8) is 0 Å². The zero-order valence-electron chi connectivity index (χ0n) is 46.2. The van der Waals surface area contributed by atoms with Gasteiger partial charge in [-0.15, -0.1) is 0 Å². The van der Waals surface area contributed by atoms with Gasteiger partial charge in [-0.2, -0.15) is 0 Å². The van der Waals surface area contributed by atoms with Crippen molar-refractivity contribution in [3.8, 4) is 0 Å². The quantitative estimate of drug-likeness (QED) is 0.142. The summed E-state index contributed by atoms with van der Waals surface area (Å²) in [6.45, 7) is 36.4. The minimum atomic E-state index is 1.31. The van der Waals surface area contributed by atoms with Gasteiger partial charge in [0.05, 0.1) is 0 Å². The Balaban J connectivity index is -0.000000219. The minimum absolute atomic E-state index is 1.31. The zero-order valence-corrected chi connectivity index (χ0v) is 46.2. The van der Waals surface area contributed by atoms with E-state index >= 15 is 0 Å². The SMILES string of the molecule is CC.CC.CC.CC.CC.CC.CC.Cc1ccc(C)cc1.Cc1cccc(C)c1.c1ccc2ccccc2c1.c1ccc2ccccc2c1.c1ccccc1.c1ccccc1.c1ccccc1. The van der Waals surface area contributed by atoms with Crippen molar-refractivity contribution in [2.24, 2.45) is 0 Å². The maximum atomic E-state index is 2.17. The summed E-state index contributed by atoms with van der Waals surface area (Å²) in [5, 5.41) is 5.24. The van der Waals surface area contributed by atoms with Crippen LogP contribution < -0.4 is 0 Å². The van der Waals surface area contributed by atoms with E-state index in [1.54, 1.807) is 0 Å². The largest absolute Gasteiger partial charge is 0.0683 e. The lowest BCUT2D eigenvalue weighted by Crippen LogP contribution is -1.71.